The minimum atomic E-state index is -2.61. The van der Waals surface area contributed by atoms with E-state index < -0.39 is 6.61 Å². The predicted octanol–water partition coefficient (Wildman–Crippen LogP) is 2.33. The molecule has 0 N–H and O–H groups in total. The van der Waals surface area contributed by atoms with Crippen molar-refractivity contribution in [2.24, 2.45) is 0 Å². The van der Waals surface area contributed by atoms with E-state index in [0.717, 1.165) is 25.7 Å². The third-order valence-corrected chi connectivity index (χ3v) is 1.42. The van der Waals surface area contributed by atoms with Gasteiger partial charge in [0.15, 0.2) is 0 Å². The van der Waals surface area contributed by atoms with E-state index in [1.165, 1.54) is 0 Å². The Morgan fingerprint density at radius 2 is 1.78 bits per heavy atom. The van der Waals surface area contributed by atoms with E-state index >= 15 is 0 Å². The summed E-state index contributed by atoms with van der Waals surface area (Å²) in [5.41, 5.74) is 0. The molecule has 3 heteroatoms. The van der Waals surface area contributed by atoms with Crippen molar-refractivity contribution >= 4 is 0 Å². The van der Waals surface area contributed by atoms with Gasteiger partial charge in [0.25, 0.3) is 0 Å². The molecular weight excluding hydrogens is 126 g/mol. The van der Waals surface area contributed by atoms with Crippen LogP contribution in [0.25, 0.3) is 0 Å². The molecule has 1 aliphatic carbocycles. The van der Waals surface area contributed by atoms with Crippen molar-refractivity contribution < 1.29 is 13.5 Å². The highest BCUT2D eigenvalue weighted by molar-refractivity contribution is 4.84. The number of rotatable bonds is 2. The van der Waals surface area contributed by atoms with Crippen LogP contribution in [0.5, 0.6) is 0 Å². The summed E-state index contributed by atoms with van der Waals surface area (Å²) >= 11 is 0. The summed E-state index contributed by atoms with van der Waals surface area (Å²) in [7, 11) is 0. The molecule has 0 aromatic carbocycles. The first-order chi connectivity index (χ1) is 4.29. The van der Waals surface area contributed by atoms with Crippen LogP contribution in [0.2, 0.25) is 0 Å². The van der Waals surface area contributed by atoms with Crippen molar-refractivity contribution in [2.45, 2.75) is 32.3 Å². The average Bonchev–Trinajstić information content (AvgIpc) is 2.15. The monoisotopic (exact) mass is 135 g/mol. The molecule has 0 unspecified atom stereocenters. The minimum Gasteiger partial charge on any atom is -0.313 e. The van der Waals surface area contributed by atoms with Crippen molar-refractivity contribution in [1.29, 1.82) is 0 Å². The molecule has 0 bridgehead atoms. The molecule has 0 spiro atoms. The second-order valence-corrected chi connectivity index (χ2v) is 2.12. The fourth-order valence-corrected chi connectivity index (χ4v) is 1.01. The zero-order valence-corrected chi connectivity index (χ0v) is 5.07. The van der Waals surface area contributed by atoms with Crippen LogP contribution >= 0.6 is 0 Å². The summed E-state index contributed by atoms with van der Waals surface area (Å²) in [6.45, 7) is -2.61. The fourth-order valence-electron chi connectivity index (χ4n) is 1.01. The van der Waals surface area contributed by atoms with Crippen molar-refractivity contribution in [3.63, 3.8) is 0 Å². The minimum absolute atomic E-state index is 0.574. The number of hydrogen-bond donors (Lipinski definition) is 0. The normalized spacial score (nSPS) is 21.7. The highest BCUT2D eigenvalue weighted by atomic mass is 19.3. The van der Waals surface area contributed by atoms with Crippen molar-refractivity contribution in [3.8, 4) is 0 Å². The molecule has 53 valence electrons. The molecule has 0 heterocycles. The van der Waals surface area contributed by atoms with Crippen LogP contribution in [-0.2, 0) is 4.74 Å². The van der Waals surface area contributed by atoms with Gasteiger partial charge in [-0.2, -0.15) is 8.78 Å². The van der Waals surface area contributed by atoms with E-state index in [-0.39, 0.29) is 0 Å². The highest BCUT2D eigenvalue weighted by Gasteiger charge is 2.20. The summed E-state index contributed by atoms with van der Waals surface area (Å²) in [5.74, 6) is 0. The standard InChI is InChI=1S/C6H9F2O/c7-6(8)9-5-3-1-2-4-5/h6H,1-4H2. The van der Waals surface area contributed by atoms with Crippen molar-refractivity contribution in [3.05, 3.63) is 6.10 Å². The van der Waals surface area contributed by atoms with E-state index in [1.807, 2.05) is 0 Å². The second kappa shape index (κ2) is 3.11. The Kier molecular flexibility index (Phi) is 2.39. The smallest absolute Gasteiger partial charge is 0.313 e. The van der Waals surface area contributed by atoms with E-state index in [4.69, 9.17) is 0 Å². The molecule has 1 radical (unpaired) electrons. The summed E-state index contributed by atoms with van der Waals surface area (Å²) in [6.07, 6.45) is 4.03. The van der Waals surface area contributed by atoms with Gasteiger partial charge in [0.2, 0.25) is 0 Å². The molecule has 0 aromatic heterocycles. The van der Waals surface area contributed by atoms with Gasteiger partial charge < -0.3 is 4.74 Å². The Hall–Kier alpha value is -0.180. The van der Waals surface area contributed by atoms with Crippen LogP contribution in [0.3, 0.4) is 0 Å². The molecule has 1 aliphatic rings. The molecule has 0 aliphatic heterocycles. The maximum Gasteiger partial charge on any atom is 0.345 e. The van der Waals surface area contributed by atoms with Crippen LogP contribution < -0.4 is 0 Å². The largest absolute Gasteiger partial charge is 0.345 e. The summed E-state index contributed by atoms with van der Waals surface area (Å²) in [5, 5.41) is 0. The van der Waals surface area contributed by atoms with Gasteiger partial charge in [-0.25, -0.2) is 0 Å². The van der Waals surface area contributed by atoms with Crippen LogP contribution in [0.4, 0.5) is 8.78 Å². The van der Waals surface area contributed by atoms with Crippen molar-refractivity contribution in [1.82, 2.24) is 0 Å². The molecule has 9 heavy (non-hydrogen) atoms. The Balaban J connectivity index is 2.11. The Morgan fingerprint density at radius 1 is 1.22 bits per heavy atom. The van der Waals surface area contributed by atoms with Gasteiger partial charge in [-0.3, -0.25) is 0 Å². The quantitative estimate of drug-likeness (QED) is 0.564. The molecule has 0 aromatic rings. The summed E-state index contributed by atoms with van der Waals surface area (Å²) in [4.78, 5) is 0. The summed E-state index contributed by atoms with van der Waals surface area (Å²) < 4.78 is 27.1. The lowest BCUT2D eigenvalue weighted by Gasteiger charge is -2.06. The van der Waals surface area contributed by atoms with E-state index in [9.17, 15) is 8.78 Å². The maximum absolute atomic E-state index is 11.4. The third kappa shape index (κ3) is 2.26. The number of hydrogen-bond acceptors (Lipinski definition) is 1. The lowest BCUT2D eigenvalue weighted by molar-refractivity contribution is -0.123. The zero-order valence-electron chi connectivity index (χ0n) is 5.07. The molecule has 0 amide bonds. The van der Waals surface area contributed by atoms with Gasteiger partial charge >= 0.3 is 6.61 Å². The van der Waals surface area contributed by atoms with E-state index in [1.54, 1.807) is 0 Å². The topological polar surface area (TPSA) is 9.23 Å². The third-order valence-electron chi connectivity index (χ3n) is 1.42. The molecule has 0 saturated heterocycles. The van der Waals surface area contributed by atoms with Crippen LogP contribution in [0.1, 0.15) is 25.7 Å². The van der Waals surface area contributed by atoms with Gasteiger partial charge in [-0.15, -0.1) is 0 Å². The van der Waals surface area contributed by atoms with Gasteiger partial charge in [-0.05, 0) is 12.8 Å². The molecule has 0 atom stereocenters. The van der Waals surface area contributed by atoms with Crippen LogP contribution in [0, 0.1) is 6.10 Å². The maximum atomic E-state index is 11.4. The Morgan fingerprint density at radius 3 is 2.22 bits per heavy atom. The molecule has 1 fully saturated rings. The SMILES string of the molecule is FC(F)O[C]1CCCC1. The molecular formula is C6H9F2O. The molecule has 1 saturated carbocycles. The second-order valence-electron chi connectivity index (χ2n) is 2.12. The average molecular weight is 135 g/mol. The molecule has 1 nitrogen and oxygen atoms in total. The van der Waals surface area contributed by atoms with Gasteiger partial charge in [0.05, 0.1) is 0 Å². The van der Waals surface area contributed by atoms with Gasteiger partial charge in [0, 0.05) is 0 Å². The van der Waals surface area contributed by atoms with Crippen LogP contribution in [0.15, 0.2) is 0 Å². The number of alkyl halides is 2. The predicted molar refractivity (Wildman–Crippen MR) is 28.8 cm³/mol. The first-order valence-corrected chi connectivity index (χ1v) is 3.08. The number of halogens is 2. The fraction of sp³-hybridized carbons (Fsp3) is 0.833. The lowest BCUT2D eigenvalue weighted by Crippen LogP contribution is -2.03. The zero-order chi connectivity index (χ0) is 6.69. The van der Waals surface area contributed by atoms with Gasteiger partial charge in [0.1, 0.15) is 6.10 Å². The van der Waals surface area contributed by atoms with Crippen LogP contribution in [-0.4, -0.2) is 6.61 Å². The van der Waals surface area contributed by atoms with E-state index in [0.29, 0.717) is 6.10 Å². The first kappa shape index (κ1) is 6.93. The number of ether oxygens (including phenoxy) is 1. The van der Waals surface area contributed by atoms with Crippen molar-refractivity contribution in [2.75, 3.05) is 0 Å². The lowest BCUT2D eigenvalue weighted by atomic mass is 10.3. The van der Waals surface area contributed by atoms with E-state index in [2.05, 4.69) is 4.74 Å². The first-order valence-electron chi connectivity index (χ1n) is 3.08. The summed E-state index contributed by atoms with van der Waals surface area (Å²) in [6, 6.07) is 0. The Bertz CT molecular complexity index is 79.1. The molecule has 1 rings (SSSR count). The highest BCUT2D eigenvalue weighted by Crippen LogP contribution is 2.29. The van der Waals surface area contributed by atoms with Gasteiger partial charge in [-0.1, -0.05) is 12.8 Å². The Labute approximate surface area is 53.0 Å².